The summed E-state index contributed by atoms with van der Waals surface area (Å²) in [5.74, 6) is -0.360. The van der Waals surface area contributed by atoms with Crippen LogP contribution in [0, 0.1) is 5.92 Å². The monoisotopic (exact) mass is 337 g/mol. The lowest BCUT2D eigenvalue weighted by Crippen LogP contribution is -2.25. The Morgan fingerprint density at radius 2 is 2.11 bits per heavy atom. The van der Waals surface area contributed by atoms with E-state index in [1.807, 2.05) is 0 Å². The molecule has 1 atom stereocenters. The number of aliphatic hydroxyl groups excluding tert-OH is 1. The predicted octanol–water partition coefficient (Wildman–Crippen LogP) is 2.81. The van der Waals surface area contributed by atoms with Crippen LogP contribution < -0.4 is 4.90 Å². The minimum Gasteiger partial charge on any atom is -0.396 e. The van der Waals surface area contributed by atoms with Gasteiger partial charge < -0.3 is 10.0 Å². The maximum absolute atomic E-state index is 12.5. The van der Waals surface area contributed by atoms with Crippen LogP contribution in [-0.2, 0) is 11.0 Å². The molecule has 2 rings (SSSR count). The van der Waals surface area contributed by atoms with E-state index in [9.17, 15) is 18.0 Å². The number of alkyl halides is 3. The minimum absolute atomic E-state index is 0.111. The van der Waals surface area contributed by atoms with Crippen LogP contribution in [0.25, 0.3) is 0 Å². The van der Waals surface area contributed by atoms with E-state index in [1.165, 1.54) is 11.0 Å². The number of nitrogens with zero attached hydrogens (tertiary/aromatic N) is 1. The van der Waals surface area contributed by atoms with E-state index in [4.69, 9.17) is 5.11 Å². The fourth-order valence-electron chi connectivity index (χ4n) is 2.04. The summed E-state index contributed by atoms with van der Waals surface area (Å²) in [5.41, 5.74) is -0.373. The molecular formula is C12H11BrF3NO2. The molecule has 0 aromatic heterocycles. The fourth-order valence-corrected chi connectivity index (χ4v) is 2.63. The second kappa shape index (κ2) is 5.13. The van der Waals surface area contributed by atoms with Gasteiger partial charge in [-0.25, -0.2) is 0 Å². The number of amides is 1. The van der Waals surface area contributed by atoms with Crippen LogP contribution in [0.1, 0.15) is 12.0 Å². The highest BCUT2D eigenvalue weighted by molar-refractivity contribution is 9.10. The largest absolute Gasteiger partial charge is 0.416 e. The topological polar surface area (TPSA) is 40.5 Å². The van der Waals surface area contributed by atoms with Gasteiger partial charge >= 0.3 is 6.18 Å². The van der Waals surface area contributed by atoms with Gasteiger partial charge in [-0.05, 0) is 34.1 Å². The molecule has 0 bridgehead atoms. The Hall–Kier alpha value is -1.08. The van der Waals surface area contributed by atoms with Crippen LogP contribution in [0.5, 0.6) is 0 Å². The van der Waals surface area contributed by atoms with E-state index < -0.39 is 11.7 Å². The molecule has 1 aliphatic heterocycles. The fraction of sp³-hybridized carbons (Fsp3) is 0.417. The number of halogens is 4. The number of rotatable bonds is 2. The number of carbonyl (C=O) groups is 1. The molecule has 0 radical (unpaired) electrons. The molecule has 3 nitrogen and oxygen atoms in total. The van der Waals surface area contributed by atoms with Gasteiger partial charge in [0, 0.05) is 30.0 Å². The molecule has 1 aromatic carbocycles. The molecular weight excluding hydrogens is 327 g/mol. The molecule has 1 fully saturated rings. The number of carbonyl (C=O) groups excluding carboxylic acids is 1. The highest BCUT2D eigenvalue weighted by atomic mass is 79.9. The van der Waals surface area contributed by atoms with Crippen LogP contribution in [0.4, 0.5) is 18.9 Å². The van der Waals surface area contributed by atoms with Crippen molar-refractivity contribution in [3.05, 3.63) is 28.2 Å². The van der Waals surface area contributed by atoms with Crippen LogP contribution in [-0.4, -0.2) is 24.2 Å². The SMILES string of the molecule is O=C1CC(CO)CN1c1ccc(C(F)(F)F)cc1Br. The summed E-state index contributed by atoms with van der Waals surface area (Å²) in [6.07, 6.45) is -4.20. The van der Waals surface area contributed by atoms with E-state index in [0.29, 0.717) is 12.2 Å². The highest BCUT2D eigenvalue weighted by Crippen LogP contribution is 2.37. The second-order valence-electron chi connectivity index (χ2n) is 4.42. The van der Waals surface area contributed by atoms with Crippen molar-refractivity contribution in [2.75, 3.05) is 18.1 Å². The van der Waals surface area contributed by atoms with Crippen molar-refractivity contribution in [2.45, 2.75) is 12.6 Å². The zero-order chi connectivity index (χ0) is 14.2. The average molecular weight is 338 g/mol. The van der Waals surface area contributed by atoms with Crippen LogP contribution in [0.15, 0.2) is 22.7 Å². The van der Waals surface area contributed by atoms with Crippen LogP contribution >= 0.6 is 15.9 Å². The number of hydrogen-bond donors (Lipinski definition) is 1. The Labute approximate surface area is 116 Å². The smallest absolute Gasteiger partial charge is 0.396 e. The van der Waals surface area contributed by atoms with Crippen molar-refractivity contribution in [2.24, 2.45) is 5.92 Å². The van der Waals surface area contributed by atoms with Gasteiger partial charge in [-0.2, -0.15) is 13.2 Å². The summed E-state index contributed by atoms with van der Waals surface area (Å²) in [5, 5.41) is 9.03. The second-order valence-corrected chi connectivity index (χ2v) is 5.28. The third-order valence-corrected chi connectivity index (χ3v) is 3.66. The Bertz CT molecular complexity index is 504. The number of hydrogen-bond acceptors (Lipinski definition) is 2. The first-order valence-electron chi connectivity index (χ1n) is 5.61. The van der Waals surface area contributed by atoms with E-state index in [0.717, 1.165) is 12.1 Å². The third-order valence-electron chi connectivity index (χ3n) is 3.03. The van der Waals surface area contributed by atoms with E-state index in [-0.39, 0.29) is 29.3 Å². The maximum atomic E-state index is 12.5. The maximum Gasteiger partial charge on any atom is 0.416 e. The Balaban J connectivity index is 2.30. The molecule has 0 aliphatic carbocycles. The lowest BCUT2D eigenvalue weighted by atomic mass is 10.1. The van der Waals surface area contributed by atoms with Gasteiger partial charge in [0.1, 0.15) is 0 Å². The van der Waals surface area contributed by atoms with Crippen LogP contribution in [0.2, 0.25) is 0 Å². The summed E-state index contributed by atoms with van der Waals surface area (Å²) < 4.78 is 37.8. The number of benzene rings is 1. The molecule has 7 heteroatoms. The van der Waals surface area contributed by atoms with Gasteiger partial charge in [0.15, 0.2) is 0 Å². The summed E-state index contributed by atoms with van der Waals surface area (Å²) in [6, 6.07) is 3.17. The van der Waals surface area contributed by atoms with Gasteiger partial charge in [-0.15, -0.1) is 0 Å². The first-order chi connectivity index (χ1) is 8.82. The third kappa shape index (κ3) is 2.92. The summed E-state index contributed by atoms with van der Waals surface area (Å²) in [7, 11) is 0. The first kappa shape index (κ1) is 14.3. The molecule has 1 unspecified atom stereocenters. The minimum atomic E-state index is -4.41. The number of aliphatic hydroxyl groups is 1. The molecule has 1 N–H and O–H groups in total. The molecule has 0 spiro atoms. The normalized spacial score (nSPS) is 20.2. The van der Waals surface area contributed by atoms with Crippen molar-refractivity contribution in [3.8, 4) is 0 Å². The molecule has 1 amide bonds. The van der Waals surface area contributed by atoms with E-state index in [1.54, 1.807) is 0 Å². The summed E-state index contributed by atoms with van der Waals surface area (Å²) in [6.45, 7) is 0.208. The zero-order valence-corrected chi connectivity index (χ0v) is 11.3. The van der Waals surface area contributed by atoms with Crippen molar-refractivity contribution >= 4 is 27.5 Å². The van der Waals surface area contributed by atoms with Crippen molar-refractivity contribution < 1.29 is 23.1 Å². The zero-order valence-electron chi connectivity index (χ0n) is 9.75. The van der Waals surface area contributed by atoms with Crippen molar-refractivity contribution in [1.82, 2.24) is 0 Å². The molecule has 1 heterocycles. The molecule has 1 aromatic rings. The Morgan fingerprint density at radius 3 is 2.58 bits per heavy atom. The van der Waals surface area contributed by atoms with Crippen LogP contribution in [0.3, 0.4) is 0 Å². The van der Waals surface area contributed by atoms with Crippen molar-refractivity contribution in [1.29, 1.82) is 0 Å². The molecule has 104 valence electrons. The Morgan fingerprint density at radius 1 is 1.42 bits per heavy atom. The predicted molar refractivity (Wildman–Crippen MR) is 66.7 cm³/mol. The first-order valence-corrected chi connectivity index (χ1v) is 6.40. The quantitative estimate of drug-likeness (QED) is 0.901. The van der Waals surface area contributed by atoms with E-state index in [2.05, 4.69) is 15.9 Å². The summed E-state index contributed by atoms with van der Waals surface area (Å²) >= 11 is 3.06. The highest BCUT2D eigenvalue weighted by Gasteiger charge is 2.34. The lowest BCUT2D eigenvalue weighted by Gasteiger charge is -2.19. The molecule has 0 saturated carbocycles. The molecule has 19 heavy (non-hydrogen) atoms. The van der Waals surface area contributed by atoms with Gasteiger partial charge in [0.05, 0.1) is 11.3 Å². The average Bonchev–Trinajstić information content (AvgIpc) is 2.69. The van der Waals surface area contributed by atoms with Gasteiger partial charge in [-0.1, -0.05) is 0 Å². The lowest BCUT2D eigenvalue weighted by molar-refractivity contribution is -0.137. The van der Waals surface area contributed by atoms with Crippen molar-refractivity contribution in [3.63, 3.8) is 0 Å². The standard InChI is InChI=1S/C12H11BrF3NO2/c13-9-4-8(12(14,15)16)1-2-10(9)17-5-7(6-18)3-11(17)19/h1-2,4,7,18H,3,5-6H2. The van der Waals surface area contributed by atoms with Gasteiger partial charge in [0.2, 0.25) is 5.91 Å². The number of anilines is 1. The van der Waals surface area contributed by atoms with Gasteiger partial charge in [-0.3, -0.25) is 4.79 Å². The Kier molecular flexibility index (Phi) is 3.87. The van der Waals surface area contributed by atoms with Gasteiger partial charge in [0.25, 0.3) is 0 Å². The molecule has 1 aliphatic rings. The van der Waals surface area contributed by atoms with E-state index >= 15 is 0 Å². The molecule has 1 saturated heterocycles. The summed E-state index contributed by atoms with van der Waals surface area (Å²) in [4.78, 5) is 13.1.